The summed E-state index contributed by atoms with van der Waals surface area (Å²) in [5.74, 6) is -0.329. The highest BCUT2D eigenvalue weighted by molar-refractivity contribution is 8.13. The van der Waals surface area contributed by atoms with Crippen molar-refractivity contribution < 1.29 is 12.8 Å². The summed E-state index contributed by atoms with van der Waals surface area (Å²) in [6, 6.07) is 1.52. The number of oxazole rings is 1. The van der Waals surface area contributed by atoms with Gasteiger partial charge >= 0.3 is 5.89 Å². The highest BCUT2D eigenvalue weighted by Gasteiger charge is 2.15. The van der Waals surface area contributed by atoms with Gasteiger partial charge in [-0.25, -0.2) is 13.4 Å². The summed E-state index contributed by atoms with van der Waals surface area (Å²) >= 11 is 0. The molecule has 0 saturated heterocycles. The molecule has 0 fully saturated rings. The van der Waals surface area contributed by atoms with Crippen LogP contribution < -0.4 is 0 Å². The van der Waals surface area contributed by atoms with Crippen LogP contribution in [0.1, 0.15) is 5.89 Å². The highest BCUT2D eigenvalue weighted by atomic mass is 35.7. The molecule has 0 atom stereocenters. The van der Waals surface area contributed by atoms with E-state index in [0.29, 0.717) is 0 Å². The Morgan fingerprint density at radius 3 is 2.64 bits per heavy atom. The van der Waals surface area contributed by atoms with E-state index in [0.717, 1.165) is 6.20 Å². The number of rotatable bonds is 1. The van der Waals surface area contributed by atoms with E-state index in [1.165, 1.54) is 6.07 Å². The summed E-state index contributed by atoms with van der Waals surface area (Å²) < 4.78 is 25.4. The van der Waals surface area contributed by atoms with Crippen LogP contribution in [-0.4, -0.2) is 13.4 Å². The van der Waals surface area contributed by atoms with Crippen LogP contribution in [0.5, 0.6) is 0 Å². The molecule has 0 bridgehead atoms. The fourth-order valence-corrected chi connectivity index (χ4v) is 0.995. The fourth-order valence-electron chi connectivity index (χ4n) is 0.424. The molecule has 11 heavy (non-hydrogen) atoms. The van der Waals surface area contributed by atoms with Crippen LogP contribution in [0.2, 0.25) is 0 Å². The van der Waals surface area contributed by atoms with Crippen LogP contribution in [0.4, 0.5) is 0 Å². The molecule has 0 radical (unpaired) electrons. The zero-order chi connectivity index (χ0) is 8.48. The zero-order valence-electron chi connectivity index (χ0n) is 4.98. The van der Waals surface area contributed by atoms with E-state index in [1.54, 1.807) is 0 Å². The molecule has 0 N–H and O–H groups in total. The van der Waals surface area contributed by atoms with Crippen molar-refractivity contribution in [3.63, 3.8) is 0 Å². The third-order valence-electron chi connectivity index (χ3n) is 0.820. The first kappa shape index (κ1) is 8.04. The molecule has 0 aromatic carbocycles. The van der Waals surface area contributed by atoms with Crippen molar-refractivity contribution in [3.05, 3.63) is 12.1 Å². The number of nitriles is 1. The van der Waals surface area contributed by atoms with E-state index < -0.39 is 14.1 Å². The van der Waals surface area contributed by atoms with Crippen molar-refractivity contribution in [2.24, 2.45) is 0 Å². The first-order chi connectivity index (χ1) is 5.04. The van der Waals surface area contributed by atoms with E-state index in [2.05, 4.69) is 9.40 Å². The summed E-state index contributed by atoms with van der Waals surface area (Å²) in [5.41, 5.74) is 0. The average Bonchev–Trinajstić information content (AvgIpc) is 2.32. The first-order valence-electron chi connectivity index (χ1n) is 2.34. The van der Waals surface area contributed by atoms with E-state index in [9.17, 15) is 8.42 Å². The molecule has 0 aliphatic heterocycles. The Balaban J connectivity index is 3.22. The van der Waals surface area contributed by atoms with Gasteiger partial charge in [-0.15, -0.1) is 0 Å². The number of hydrogen-bond acceptors (Lipinski definition) is 5. The Morgan fingerprint density at radius 1 is 1.73 bits per heavy atom. The molecule has 0 aliphatic carbocycles. The second kappa shape index (κ2) is 2.53. The van der Waals surface area contributed by atoms with Gasteiger partial charge in [0, 0.05) is 10.7 Å². The predicted molar refractivity (Wildman–Crippen MR) is 34.3 cm³/mol. The molecule has 1 rings (SSSR count). The van der Waals surface area contributed by atoms with Gasteiger partial charge in [-0.3, -0.25) is 0 Å². The molecular formula is C4HClN2O3S. The van der Waals surface area contributed by atoms with Gasteiger partial charge in [0.25, 0.3) is 14.1 Å². The molecule has 1 aromatic heterocycles. The number of nitrogens with zero attached hydrogens (tertiary/aromatic N) is 2. The molecule has 58 valence electrons. The molecule has 1 heterocycles. The molecule has 0 amide bonds. The fraction of sp³-hybridized carbons (Fsp3) is 0. The normalized spacial score (nSPS) is 10.9. The summed E-state index contributed by atoms with van der Waals surface area (Å²) in [4.78, 5) is 3.31. The molecule has 0 unspecified atom stereocenters. The van der Waals surface area contributed by atoms with Crippen LogP contribution in [0.25, 0.3) is 0 Å². The van der Waals surface area contributed by atoms with E-state index in [1.807, 2.05) is 0 Å². The van der Waals surface area contributed by atoms with E-state index in [-0.39, 0.29) is 5.89 Å². The minimum Gasteiger partial charge on any atom is -0.415 e. The minimum atomic E-state index is -3.90. The van der Waals surface area contributed by atoms with Crippen molar-refractivity contribution in [1.29, 1.82) is 5.26 Å². The lowest BCUT2D eigenvalue weighted by Gasteiger charge is -1.82. The Hall–Kier alpha value is -1.06. The quantitative estimate of drug-likeness (QED) is 0.604. The van der Waals surface area contributed by atoms with Gasteiger partial charge in [-0.1, -0.05) is 0 Å². The first-order valence-corrected chi connectivity index (χ1v) is 4.65. The number of aromatic nitrogens is 1. The van der Waals surface area contributed by atoms with Gasteiger partial charge in [0.1, 0.15) is 0 Å². The second-order valence-corrected chi connectivity index (χ2v) is 4.03. The number of halogens is 1. The smallest absolute Gasteiger partial charge is 0.301 e. The Morgan fingerprint density at radius 2 is 2.36 bits per heavy atom. The summed E-state index contributed by atoms with van der Waals surface area (Å²) in [5, 5.41) is 7.65. The summed E-state index contributed by atoms with van der Waals surface area (Å²) in [7, 11) is 0.958. The summed E-state index contributed by atoms with van der Waals surface area (Å²) in [6.45, 7) is 0. The topological polar surface area (TPSA) is 84.0 Å². The van der Waals surface area contributed by atoms with Crippen molar-refractivity contribution in [2.75, 3.05) is 0 Å². The lowest BCUT2D eigenvalue weighted by atomic mass is 10.8. The largest absolute Gasteiger partial charge is 0.415 e. The van der Waals surface area contributed by atoms with Gasteiger partial charge in [-0.05, 0) is 0 Å². The third-order valence-corrected chi connectivity index (χ3v) is 1.95. The lowest BCUT2D eigenvalue weighted by Crippen LogP contribution is -1.85. The molecule has 0 aliphatic rings. The molecule has 0 spiro atoms. The van der Waals surface area contributed by atoms with Crippen LogP contribution in [-0.2, 0) is 9.05 Å². The van der Waals surface area contributed by atoms with Crippen molar-refractivity contribution in [3.8, 4) is 6.07 Å². The van der Waals surface area contributed by atoms with Crippen LogP contribution in [0.15, 0.2) is 15.7 Å². The highest BCUT2D eigenvalue weighted by Crippen LogP contribution is 2.14. The second-order valence-electron chi connectivity index (χ2n) is 1.53. The summed E-state index contributed by atoms with van der Waals surface area (Å²) in [6.07, 6.45) is 0.876. The standard InChI is InChI=1S/C4HClN2O3S/c5-11(8,9)4-2-7-3(1-6)10-4/h2H. The van der Waals surface area contributed by atoms with Crippen molar-refractivity contribution >= 4 is 19.7 Å². The van der Waals surface area contributed by atoms with Gasteiger partial charge in [0.2, 0.25) is 0 Å². The predicted octanol–water partition coefficient (Wildman–Crippen LogP) is 0.474. The maximum Gasteiger partial charge on any atom is 0.301 e. The van der Waals surface area contributed by atoms with Crippen LogP contribution in [0, 0.1) is 11.3 Å². The van der Waals surface area contributed by atoms with Crippen molar-refractivity contribution in [2.45, 2.75) is 5.09 Å². The Kier molecular flexibility index (Phi) is 1.85. The number of hydrogen-bond donors (Lipinski definition) is 0. The average molecular weight is 193 g/mol. The SMILES string of the molecule is N#Cc1ncc(S(=O)(=O)Cl)o1. The monoisotopic (exact) mass is 192 g/mol. The minimum absolute atomic E-state index is 0.329. The molecular weight excluding hydrogens is 192 g/mol. The van der Waals surface area contributed by atoms with Gasteiger partial charge in [0.05, 0.1) is 6.20 Å². The van der Waals surface area contributed by atoms with Crippen LogP contribution >= 0.6 is 10.7 Å². The zero-order valence-corrected chi connectivity index (χ0v) is 6.56. The molecule has 0 saturated carbocycles. The van der Waals surface area contributed by atoms with E-state index in [4.69, 9.17) is 15.9 Å². The lowest BCUT2D eigenvalue weighted by molar-refractivity contribution is 0.441. The van der Waals surface area contributed by atoms with Gasteiger partial charge in [0.15, 0.2) is 6.07 Å². The molecule has 1 aromatic rings. The van der Waals surface area contributed by atoms with Crippen molar-refractivity contribution in [1.82, 2.24) is 4.98 Å². The molecule has 7 heteroatoms. The van der Waals surface area contributed by atoms with E-state index >= 15 is 0 Å². The van der Waals surface area contributed by atoms with Gasteiger partial charge in [-0.2, -0.15) is 5.26 Å². The third kappa shape index (κ3) is 1.69. The van der Waals surface area contributed by atoms with Gasteiger partial charge < -0.3 is 4.42 Å². The Labute approximate surface area is 66.6 Å². The maximum absolute atomic E-state index is 10.5. The Bertz CT molecular complexity index is 401. The maximum atomic E-state index is 10.5. The van der Waals surface area contributed by atoms with Crippen LogP contribution in [0.3, 0.4) is 0 Å². The molecule has 5 nitrogen and oxygen atoms in total.